The topological polar surface area (TPSA) is 43.4 Å². The van der Waals surface area contributed by atoms with Crippen LogP contribution in [0, 0.1) is 0 Å². The van der Waals surface area contributed by atoms with Gasteiger partial charge in [0.15, 0.2) is 5.94 Å². The van der Waals surface area contributed by atoms with E-state index in [1.165, 1.54) is 6.26 Å². The highest BCUT2D eigenvalue weighted by atomic mass is 32.2. The van der Waals surface area contributed by atoms with Crippen LogP contribution in [0.3, 0.4) is 0 Å². The Morgan fingerprint density at radius 3 is 2.57 bits per heavy atom. The molecule has 0 N–H and O–H groups in total. The Morgan fingerprint density at radius 1 is 1.86 bits per heavy atom. The van der Waals surface area contributed by atoms with Crippen molar-refractivity contribution in [3.63, 3.8) is 0 Å². The fourth-order valence-corrected chi connectivity index (χ4v) is 0.371. The molecule has 0 spiro atoms. The van der Waals surface area contributed by atoms with Crippen molar-refractivity contribution in [3.8, 4) is 0 Å². The molecule has 0 aromatic heterocycles. The second-order valence-corrected chi connectivity index (χ2v) is 2.34. The SMILES string of the molecule is CS(=O)COC=O. The zero-order valence-electron chi connectivity index (χ0n) is 3.92. The molecule has 3 nitrogen and oxygen atoms in total. The molecule has 1 atom stereocenters. The Morgan fingerprint density at radius 2 is 2.43 bits per heavy atom. The summed E-state index contributed by atoms with van der Waals surface area (Å²) in [5, 5.41) is 0. The largest absolute Gasteiger partial charge is 0.454 e. The summed E-state index contributed by atoms with van der Waals surface area (Å²) in [4.78, 5) is 9.35. The van der Waals surface area contributed by atoms with E-state index in [2.05, 4.69) is 4.74 Å². The standard InChI is InChI=1S/C3H6O3S/c1-7(5)3-6-2-4/h2H,3H2,1H3. The average Bonchev–Trinajstić information content (AvgIpc) is 1.61. The molecule has 0 aliphatic carbocycles. The van der Waals surface area contributed by atoms with E-state index in [-0.39, 0.29) is 12.4 Å². The summed E-state index contributed by atoms with van der Waals surface area (Å²) in [6, 6.07) is 0. The van der Waals surface area contributed by atoms with Gasteiger partial charge in [0.2, 0.25) is 0 Å². The molecule has 0 heterocycles. The molecule has 7 heavy (non-hydrogen) atoms. The third-order valence-electron chi connectivity index (χ3n) is 0.302. The van der Waals surface area contributed by atoms with Gasteiger partial charge in [0.25, 0.3) is 6.47 Å². The lowest BCUT2D eigenvalue weighted by Crippen LogP contribution is -1.96. The summed E-state index contributed by atoms with van der Waals surface area (Å²) in [6.45, 7) is 0.279. The molecule has 1 unspecified atom stereocenters. The minimum atomic E-state index is -1.02. The number of hydrogen-bond acceptors (Lipinski definition) is 3. The molecule has 0 aliphatic heterocycles. The second-order valence-electron chi connectivity index (χ2n) is 0.954. The van der Waals surface area contributed by atoms with Crippen LogP contribution in [0.25, 0.3) is 0 Å². The van der Waals surface area contributed by atoms with E-state index >= 15 is 0 Å². The van der Waals surface area contributed by atoms with E-state index in [1.54, 1.807) is 0 Å². The lowest BCUT2D eigenvalue weighted by atomic mass is 11.5. The Kier molecular flexibility index (Phi) is 3.59. The summed E-state index contributed by atoms with van der Waals surface area (Å²) < 4.78 is 14.1. The molecular formula is C3H6O3S. The predicted molar refractivity (Wildman–Crippen MR) is 26.1 cm³/mol. The van der Waals surface area contributed by atoms with Crippen molar-refractivity contribution in [1.29, 1.82) is 0 Å². The van der Waals surface area contributed by atoms with Crippen molar-refractivity contribution in [2.75, 3.05) is 12.2 Å². The first-order valence-corrected chi connectivity index (χ1v) is 3.35. The third kappa shape index (κ3) is 5.62. The van der Waals surface area contributed by atoms with E-state index in [9.17, 15) is 9.00 Å². The van der Waals surface area contributed by atoms with Gasteiger partial charge >= 0.3 is 0 Å². The zero-order valence-corrected chi connectivity index (χ0v) is 4.73. The van der Waals surface area contributed by atoms with E-state index in [0.717, 1.165) is 0 Å². The highest BCUT2D eigenvalue weighted by molar-refractivity contribution is 7.84. The van der Waals surface area contributed by atoms with Crippen molar-refractivity contribution >= 4 is 17.3 Å². The van der Waals surface area contributed by atoms with Gasteiger partial charge in [-0.15, -0.1) is 0 Å². The molecule has 0 aromatic carbocycles. The van der Waals surface area contributed by atoms with Crippen molar-refractivity contribution < 1.29 is 13.7 Å². The van der Waals surface area contributed by atoms with Gasteiger partial charge in [-0.2, -0.15) is 0 Å². The first-order chi connectivity index (χ1) is 3.27. The summed E-state index contributed by atoms with van der Waals surface area (Å²) in [5.74, 6) is 0.00347. The van der Waals surface area contributed by atoms with Gasteiger partial charge in [0, 0.05) is 6.26 Å². The van der Waals surface area contributed by atoms with Gasteiger partial charge in [0.1, 0.15) is 0 Å². The number of rotatable bonds is 3. The molecule has 0 fully saturated rings. The van der Waals surface area contributed by atoms with Crippen LogP contribution in [0.2, 0.25) is 0 Å². The van der Waals surface area contributed by atoms with Gasteiger partial charge in [-0.1, -0.05) is 0 Å². The Labute approximate surface area is 44.1 Å². The van der Waals surface area contributed by atoms with Crippen molar-refractivity contribution in [2.24, 2.45) is 0 Å². The Bertz CT molecular complexity index is 80.2. The normalized spacial score (nSPS) is 12.7. The van der Waals surface area contributed by atoms with Gasteiger partial charge < -0.3 is 4.74 Å². The van der Waals surface area contributed by atoms with Crippen LogP contribution < -0.4 is 0 Å². The van der Waals surface area contributed by atoms with Crippen LogP contribution in [-0.4, -0.2) is 22.9 Å². The van der Waals surface area contributed by atoms with Crippen LogP contribution in [-0.2, 0) is 20.3 Å². The van der Waals surface area contributed by atoms with Gasteiger partial charge in [0.05, 0.1) is 10.8 Å². The highest BCUT2D eigenvalue weighted by Crippen LogP contribution is 1.71. The third-order valence-corrected chi connectivity index (χ3v) is 0.770. The van der Waals surface area contributed by atoms with Crippen molar-refractivity contribution in [3.05, 3.63) is 0 Å². The van der Waals surface area contributed by atoms with Crippen LogP contribution in [0.5, 0.6) is 0 Å². The van der Waals surface area contributed by atoms with E-state index in [0.29, 0.717) is 0 Å². The fourth-order valence-electron chi connectivity index (χ4n) is 0.124. The number of carbonyl (C=O) groups is 1. The molecule has 4 heteroatoms. The number of carbonyl (C=O) groups excluding carboxylic acids is 1. The zero-order chi connectivity index (χ0) is 5.70. The second kappa shape index (κ2) is 3.80. The average molecular weight is 122 g/mol. The maximum Gasteiger partial charge on any atom is 0.294 e. The smallest absolute Gasteiger partial charge is 0.294 e. The van der Waals surface area contributed by atoms with Crippen molar-refractivity contribution in [1.82, 2.24) is 0 Å². The van der Waals surface area contributed by atoms with Crippen LogP contribution in [0.15, 0.2) is 0 Å². The maximum absolute atomic E-state index is 10.0. The molecular weight excluding hydrogens is 116 g/mol. The quantitative estimate of drug-likeness (QED) is 0.474. The minimum Gasteiger partial charge on any atom is -0.454 e. The summed E-state index contributed by atoms with van der Waals surface area (Å²) in [7, 11) is -1.02. The molecule has 0 saturated carbocycles. The molecule has 0 aliphatic rings. The molecule has 42 valence electrons. The number of hydrogen-bond donors (Lipinski definition) is 0. The van der Waals surface area contributed by atoms with E-state index in [1.807, 2.05) is 0 Å². The first kappa shape index (κ1) is 6.62. The van der Waals surface area contributed by atoms with Gasteiger partial charge in [-0.3, -0.25) is 9.00 Å². The molecule has 0 saturated heterocycles. The monoisotopic (exact) mass is 122 g/mol. The summed E-state index contributed by atoms with van der Waals surface area (Å²) in [6.07, 6.45) is 1.46. The van der Waals surface area contributed by atoms with Gasteiger partial charge in [-0.05, 0) is 0 Å². The fraction of sp³-hybridized carbons (Fsp3) is 0.667. The van der Waals surface area contributed by atoms with Crippen LogP contribution >= 0.6 is 0 Å². The highest BCUT2D eigenvalue weighted by Gasteiger charge is 1.84. The molecule has 0 aromatic rings. The first-order valence-electron chi connectivity index (χ1n) is 1.62. The van der Waals surface area contributed by atoms with Crippen molar-refractivity contribution in [2.45, 2.75) is 0 Å². The van der Waals surface area contributed by atoms with E-state index in [4.69, 9.17) is 0 Å². The maximum atomic E-state index is 10.0. The van der Waals surface area contributed by atoms with Crippen LogP contribution in [0.1, 0.15) is 0 Å². The number of ether oxygens (including phenoxy) is 1. The Balaban J connectivity index is 2.97. The molecule has 0 radical (unpaired) electrons. The predicted octanol–water partition coefficient (Wildman–Crippen LogP) is -0.505. The Hall–Kier alpha value is -0.380. The van der Waals surface area contributed by atoms with Crippen LogP contribution in [0.4, 0.5) is 0 Å². The lowest BCUT2D eigenvalue weighted by molar-refractivity contribution is -0.126. The minimum absolute atomic E-state index is 0.00347. The van der Waals surface area contributed by atoms with Gasteiger partial charge in [-0.25, -0.2) is 0 Å². The summed E-state index contributed by atoms with van der Waals surface area (Å²) >= 11 is 0. The lowest BCUT2D eigenvalue weighted by Gasteiger charge is -1.88. The van der Waals surface area contributed by atoms with E-state index < -0.39 is 10.8 Å². The molecule has 0 amide bonds. The molecule has 0 bridgehead atoms. The molecule has 0 rings (SSSR count). The summed E-state index contributed by atoms with van der Waals surface area (Å²) in [5.41, 5.74) is 0.